The zero-order valence-corrected chi connectivity index (χ0v) is 19.1. The minimum Gasteiger partial charge on any atom is -0.465 e. The van der Waals surface area contributed by atoms with Gasteiger partial charge in [-0.2, -0.15) is 0 Å². The molecule has 0 saturated heterocycles. The summed E-state index contributed by atoms with van der Waals surface area (Å²) in [4.78, 5) is 44.5. The number of nitrogens with one attached hydrogen (secondary N) is 3. The lowest BCUT2D eigenvalue weighted by molar-refractivity contribution is 0.0599. The van der Waals surface area contributed by atoms with E-state index >= 15 is 0 Å². The van der Waals surface area contributed by atoms with Gasteiger partial charge in [0.1, 0.15) is 12.0 Å². The fourth-order valence-corrected chi connectivity index (χ4v) is 3.20. The van der Waals surface area contributed by atoms with Crippen LogP contribution in [0.2, 0.25) is 0 Å². The number of ether oxygens (including phenoxy) is 2. The van der Waals surface area contributed by atoms with Gasteiger partial charge in [-0.3, -0.25) is 15.6 Å². The van der Waals surface area contributed by atoms with Crippen LogP contribution in [0.1, 0.15) is 31.1 Å². The second-order valence-corrected chi connectivity index (χ2v) is 7.31. The number of nitrogen functional groups attached to an aromatic ring is 1. The fourth-order valence-electron chi connectivity index (χ4n) is 2.73. The Balaban J connectivity index is 1.83. The van der Waals surface area contributed by atoms with E-state index in [9.17, 15) is 14.4 Å². The van der Waals surface area contributed by atoms with Gasteiger partial charge in [-0.1, -0.05) is 12.1 Å². The summed E-state index contributed by atoms with van der Waals surface area (Å²) in [7, 11) is 2.45. The van der Waals surface area contributed by atoms with Crippen LogP contribution >= 0.6 is 15.9 Å². The molecule has 1 aromatic heterocycles. The van der Waals surface area contributed by atoms with Crippen LogP contribution in [0.15, 0.2) is 53.3 Å². The van der Waals surface area contributed by atoms with Gasteiger partial charge in [-0.25, -0.2) is 19.6 Å². The van der Waals surface area contributed by atoms with Crippen molar-refractivity contribution in [2.75, 3.05) is 30.7 Å². The predicted octanol–water partition coefficient (Wildman–Crippen LogP) is 2.90. The van der Waals surface area contributed by atoms with Crippen LogP contribution in [0.5, 0.6) is 0 Å². The van der Waals surface area contributed by atoms with Gasteiger partial charge in [0.25, 0.3) is 5.91 Å². The van der Waals surface area contributed by atoms with Gasteiger partial charge < -0.3 is 20.5 Å². The number of nitrogens with two attached hydrogens (primary N) is 1. The number of anilines is 4. The Hall–Kier alpha value is -4.19. The summed E-state index contributed by atoms with van der Waals surface area (Å²) in [5.74, 6) is -1.40. The molecule has 5 N–H and O–H groups in total. The summed E-state index contributed by atoms with van der Waals surface area (Å²) in [5.41, 5.74) is 12.4. The van der Waals surface area contributed by atoms with Crippen molar-refractivity contribution in [3.05, 3.63) is 70.0 Å². The van der Waals surface area contributed by atoms with Crippen molar-refractivity contribution in [2.45, 2.75) is 0 Å². The van der Waals surface area contributed by atoms with Gasteiger partial charge in [0.05, 0.1) is 30.9 Å². The maximum Gasteiger partial charge on any atom is 0.337 e. The highest BCUT2D eigenvalue weighted by Crippen LogP contribution is 2.27. The number of carbonyl (C=O) groups excluding carboxylic acids is 3. The van der Waals surface area contributed by atoms with Crippen molar-refractivity contribution in [3.63, 3.8) is 0 Å². The second kappa shape index (κ2) is 10.4. The highest BCUT2D eigenvalue weighted by atomic mass is 79.9. The Bertz CT molecular complexity index is 1190. The summed E-state index contributed by atoms with van der Waals surface area (Å²) in [6.45, 7) is 0. The van der Waals surface area contributed by atoms with E-state index in [0.717, 1.165) is 0 Å². The molecule has 0 fully saturated rings. The SMILES string of the molecule is COC(=O)c1cc(Nc2ncnc(NNC(=O)c3ccccc3Br)c2N)cc(C(=O)OC)c1. The minimum absolute atomic E-state index is 0.0769. The Morgan fingerprint density at radius 3 is 2.15 bits per heavy atom. The van der Waals surface area contributed by atoms with Gasteiger partial charge in [-0.15, -0.1) is 0 Å². The second-order valence-electron chi connectivity index (χ2n) is 6.45. The predicted molar refractivity (Wildman–Crippen MR) is 124 cm³/mol. The first-order valence-corrected chi connectivity index (χ1v) is 10.1. The van der Waals surface area contributed by atoms with Crippen LogP contribution < -0.4 is 21.9 Å². The summed E-state index contributed by atoms with van der Waals surface area (Å²) in [6.07, 6.45) is 1.22. The molecule has 1 amide bonds. The monoisotopic (exact) mass is 514 g/mol. The van der Waals surface area contributed by atoms with E-state index in [-0.39, 0.29) is 28.5 Å². The molecule has 0 spiro atoms. The topological polar surface area (TPSA) is 158 Å². The third-order valence-electron chi connectivity index (χ3n) is 4.33. The molecule has 170 valence electrons. The van der Waals surface area contributed by atoms with Crippen molar-refractivity contribution >= 4 is 56.8 Å². The number of nitrogens with zero attached hydrogens (tertiary/aromatic N) is 2. The van der Waals surface area contributed by atoms with E-state index in [1.807, 2.05) is 0 Å². The maximum absolute atomic E-state index is 12.4. The summed E-state index contributed by atoms with van der Waals surface area (Å²) >= 11 is 3.31. The highest BCUT2D eigenvalue weighted by molar-refractivity contribution is 9.10. The molecule has 0 aliphatic rings. The molecule has 0 saturated carbocycles. The smallest absolute Gasteiger partial charge is 0.337 e. The molecule has 2 aromatic carbocycles. The van der Waals surface area contributed by atoms with E-state index in [1.165, 1.54) is 38.7 Å². The number of hydrazine groups is 1. The van der Waals surface area contributed by atoms with Gasteiger partial charge >= 0.3 is 11.9 Å². The van der Waals surface area contributed by atoms with Crippen LogP contribution in [0, 0.1) is 0 Å². The number of aromatic nitrogens is 2. The number of esters is 2. The number of methoxy groups -OCH3 is 2. The molecule has 3 rings (SSSR count). The average Bonchev–Trinajstić information content (AvgIpc) is 2.83. The molecule has 11 nitrogen and oxygen atoms in total. The number of hydrogen-bond donors (Lipinski definition) is 4. The van der Waals surface area contributed by atoms with Crippen LogP contribution in [0.3, 0.4) is 0 Å². The Morgan fingerprint density at radius 2 is 1.55 bits per heavy atom. The third-order valence-corrected chi connectivity index (χ3v) is 5.03. The van der Waals surface area contributed by atoms with Gasteiger partial charge in [-0.05, 0) is 46.3 Å². The number of carbonyl (C=O) groups is 3. The number of hydrogen-bond acceptors (Lipinski definition) is 10. The van der Waals surface area contributed by atoms with Crippen molar-refractivity contribution in [1.29, 1.82) is 0 Å². The molecular weight excluding hydrogens is 496 g/mol. The van der Waals surface area contributed by atoms with E-state index in [4.69, 9.17) is 15.2 Å². The maximum atomic E-state index is 12.4. The molecule has 0 aliphatic heterocycles. The van der Waals surface area contributed by atoms with Gasteiger partial charge in [0, 0.05) is 10.2 Å². The third kappa shape index (κ3) is 5.54. The number of benzene rings is 2. The van der Waals surface area contributed by atoms with Crippen LogP contribution in [-0.2, 0) is 9.47 Å². The first-order valence-electron chi connectivity index (χ1n) is 9.34. The lowest BCUT2D eigenvalue weighted by Crippen LogP contribution is -2.30. The van der Waals surface area contributed by atoms with Crippen molar-refractivity contribution in [2.24, 2.45) is 0 Å². The van der Waals surface area contributed by atoms with Crippen LogP contribution in [-0.4, -0.2) is 42.0 Å². The van der Waals surface area contributed by atoms with Crippen LogP contribution in [0.4, 0.5) is 23.0 Å². The molecule has 0 bridgehead atoms. The zero-order chi connectivity index (χ0) is 24.0. The highest BCUT2D eigenvalue weighted by Gasteiger charge is 2.16. The van der Waals surface area contributed by atoms with Crippen molar-refractivity contribution in [3.8, 4) is 0 Å². The molecule has 0 atom stereocenters. The van der Waals surface area contributed by atoms with E-state index in [0.29, 0.717) is 15.7 Å². The molecule has 0 aliphatic carbocycles. The molecule has 12 heteroatoms. The summed E-state index contributed by atoms with van der Waals surface area (Å²) in [6, 6.07) is 11.2. The number of rotatable bonds is 7. The minimum atomic E-state index is -0.642. The van der Waals surface area contributed by atoms with E-state index in [1.54, 1.807) is 24.3 Å². The molecule has 33 heavy (non-hydrogen) atoms. The largest absolute Gasteiger partial charge is 0.465 e. The Kier molecular flexibility index (Phi) is 7.41. The average molecular weight is 515 g/mol. The van der Waals surface area contributed by atoms with Gasteiger partial charge in [0.15, 0.2) is 11.6 Å². The first kappa shape index (κ1) is 23.5. The van der Waals surface area contributed by atoms with E-state index in [2.05, 4.69) is 42.1 Å². The first-order chi connectivity index (χ1) is 15.8. The molecule has 1 heterocycles. The molecular formula is C21H19BrN6O5. The summed E-state index contributed by atoms with van der Waals surface area (Å²) in [5, 5.41) is 2.93. The quantitative estimate of drug-likeness (QED) is 0.272. The van der Waals surface area contributed by atoms with Crippen LogP contribution in [0.25, 0.3) is 0 Å². The molecule has 0 unspecified atom stereocenters. The standard InChI is InChI=1S/C21H19BrN6O5/c1-32-20(30)11-7-12(21(31)33-2)9-13(8-11)26-17-16(23)18(25-10-24-17)27-28-19(29)14-5-3-4-6-15(14)22/h3-10H,23H2,1-2H3,(H,28,29)(H2,24,25,26,27). The number of amides is 1. The van der Waals surface area contributed by atoms with E-state index < -0.39 is 17.8 Å². The molecule has 3 aromatic rings. The lowest BCUT2D eigenvalue weighted by atomic mass is 10.1. The van der Waals surface area contributed by atoms with Crippen molar-refractivity contribution < 1.29 is 23.9 Å². The number of halogens is 1. The normalized spacial score (nSPS) is 10.2. The van der Waals surface area contributed by atoms with Gasteiger partial charge in [0.2, 0.25) is 0 Å². The Labute approximate surface area is 196 Å². The fraction of sp³-hybridized carbons (Fsp3) is 0.0952. The van der Waals surface area contributed by atoms with Crippen molar-refractivity contribution in [1.82, 2.24) is 15.4 Å². The molecule has 0 radical (unpaired) electrons. The Morgan fingerprint density at radius 1 is 0.939 bits per heavy atom. The summed E-state index contributed by atoms with van der Waals surface area (Å²) < 4.78 is 10.1. The lowest BCUT2D eigenvalue weighted by Gasteiger charge is -2.14. The zero-order valence-electron chi connectivity index (χ0n) is 17.5.